The first-order chi connectivity index (χ1) is 10.5. The Labute approximate surface area is 130 Å². The third kappa shape index (κ3) is 3.22. The van der Waals surface area contributed by atoms with Crippen molar-refractivity contribution in [3.63, 3.8) is 0 Å². The molecule has 3 heterocycles. The predicted molar refractivity (Wildman–Crippen MR) is 84.9 cm³/mol. The molecule has 1 aliphatic rings. The lowest BCUT2D eigenvalue weighted by Crippen LogP contribution is -2.33. The van der Waals surface area contributed by atoms with Crippen LogP contribution in [-0.4, -0.2) is 43.2 Å². The Balaban J connectivity index is 1.73. The van der Waals surface area contributed by atoms with Gasteiger partial charge in [-0.1, -0.05) is 12.1 Å². The molecule has 2 aromatic heterocycles. The first kappa shape index (κ1) is 14.8. The fourth-order valence-electron chi connectivity index (χ4n) is 2.73. The van der Waals surface area contributed by atoms with Crippen molar-refractivity contribution in [1.82, 2.24) is 30.1 Å². The smallest absolute Gasteiger partial charge is 0.165 e. The van der Waals surface area contributed by atoms with Crippen LogP contribution in [-0.2, 0) is 12.1 Å². The van der Waals surface area contributed by atoms with E-state index in [1.807, 2.05) is 23.1 Å². The standard InChI is InChI=1S/C16H22N6/c1-16(2,3)22-15(18-19-20-22)12-21-9-5-7-14(11-21)13-6-4-8-17-10-13/h4,6-8,10H,5,9,11-12H2,1-3H3. The van der Waals surface area contributed by atoms with Crippen molar-refractivity contribution < 1.29 is 0 Å². The summed E-state index contributed by atoms with van der Waals surface area (Å²) in [4.78, 5) is 6.60. The van der Waals surface area contributed by atoms with Gasteiger partial charge in [0.1, 0.15) is 0 Å². The van der Waals surface area contributed by atoms with E-state index in [0.29, 0.717) is 0 Å². The molecule has 0 amide bonds. The number of hydrogen-bond donors (Lipinski definition) is 0. The summed E-state index contributed by atoms with van der Waals surface area (Å²) in [6.07, 6.45) is 7.08. The molecule has 0 radical (unpaired) electrons. The van der Waals surface area contributed by atoms with E-state index in [1.165, 1.54) is 11.1 Å². The van der Waals surface area contributed by atoms with Crippen molar-refractivity contribution in [3.05, 3.63) is 42.0 Å². The second-order valence-corrected chi connectivity index (χ2v) is 6.65. The Morgan fingerprint density at radius 3 is 2.86 bits per heavy atom. The van der Waals surface area contributed by atoms with Crippen LogP contribution in [0.5, 0.6) is 0 Å². The molecule has 116 valence electrons. The normalized spacial score (nSPS) is 16.6. The summed E-state index contributed by atoms with van der Waals surface area (Å²) >= 11 is 0. The second-order valence-electron chi connectivity index (χ2n) is 6.65. The van der Waals surface area contributed by atoms with Crippen LogP contribution in [0, 0.1) is 0 Å². The number of rotatable bonds is 3. The molecule has 0 saturated heterocycles. The van der Waals surface area contributed by atoms with Crippen molar-refractivity contribution in [2.75, 3.05) is 13.1 Å². The predicted octanol–water partition coefficient (Wildman–Crippen LogP) is 2.11. The molecular weight excluding hydrogens is 276 g/mol. The Morgan fingerprint density at radius 2 is 2.14 bits per heavy atom. The third-order valence-electron chi connectivity index (χ3n) is 3.80. The van der Waals surface area contributed by atoms with Crippen LogP contribution in [0.1, 0.15) is 38.6 Å². The highest BCUT2D eigenvalue weighted by atomic mass is 15.6. The van der Waals surface area contributed by atoms with Crippen LogP contribution in [0.15, 0.2) is 30.6 Å². The van der Waals surface area contributed by atoms with Crippen LogP contribution in [0.25, 0.3) is 5.57 Å². The highest BCUT2D eigenvalue weighted by molar-refractivity contribution is 5.66. The molecule has 3 rings (SSSR count). The van der Waals surface area contributed by atoms with E-state index in [2.05, 4.69) is 58.3 Å². The Kier molecular flexibility index (Phi) is 4.02. The molecule has 0 N–H and O–H groups in total. The monoisotopic (exact) mass is 298 g/mol. The first-order valence-corrected chi connectivity index (χ1v) is 7.63. The molecule has 0 unspecified atom stereocenters. The molecule has 22 heavy (non-hydrogen) atoms. The number of pyridine rings is 1. The molecule has 0 saturated carbocycles. The van der Waals surface area contributed by atoms with Gasteiger partial charge in [0.25, 0.3) is 0 Å². The van der Waals surface area contributed by atoms with Crippen molar-refractivity contribution in [3.8, 4) is 0 Å². The quantitative estimate of drug-likeness (QED) is 0.868. The van der Waals surface area contributed by atoms with Gasteiger partial charge in [-0.05, 0) is 54.8 Å². The van der Waals surface area contributed by atoms with Gasteiger partial charge in [-0.25, -0.2) is 4.68 Å². The SMILES string of the molecule is CC(C)(C)n1nnnc1CN1CCC=C(c2cccnc2)C1. The van der Waals surface area contributed by atoms with E-state index in [-0.39, 0.29) is 5.54 Å². The molecule has 6 heteroatoms. The van der Waals surface area contributed by atoms with Crippen molar-refractivity contribution in [1.29, 1.82) is 0 Å². The van der Waals surface area contributed by atoms with E-state index < -0.39 is 0 Å². The molecule has 0 fully saturated rings. The van der Waals surface area contributed by atoms with Crippen LogP contribution >= 0.6 is 0 Å². The average Bonchev–Trinajstić information content (AvgIpc) is 2.97. The molecule has 0 spiro atoms. The summed E-state index contributed by atoms with van der Waals surface area (Å²) in [5.74, 6) is 0.917. The number of hydrogen-bond acceptors (Lipinski definition) is 5. The lowest BCUT2D eigenvalue weighted by molar-refractivity contribution is 0.261. The first-order valence-electron chi connectivity index (χ1n) is 7.63. The molecule has 6 nitrogen and oxygen atoms in total. The summed E-state index contributed by atoms with van der Waals surface area (Å²) < 4.78 is 1.91. The van der Waals surface area contributed by atoms with E-state index in [0.717, 1.165) is 31.9 Å². The van der Waals surface area contributed by atoms with Crippen LogP contribution in [0.4, 0.5) is 0 Å². The van der Waals surface area contributed by atoms with Gasteiger partial charge in [0.2, 0.25) is 0 Å². The van der Waals surface area contributed by atoms with Crippen molar-refractivity contribution in [2.24, 2.45) is 0 Å². The molecule has 1 aliphatic heterocycles. The zero-order chi connectivity index (χ0) is 15.6. The topological polar surface area (TPSA) is 59.7 Å². The lowest BCUT2D eigenvalue weighted by atomic mass is 10.0. The highest BCUT2D eigenvalue weighted by Crippen LogP contribution is 2.22. The minimum Gasteiger partial charge on any atom is -0.291 e. The van der Waals surface area contributed by atoms with E-state index in [9.17, 15) is 0 Å². The van der Waals surface area contributed by atoms with Gasteiger partial charge in [0, 0.05) is 25.5 Å². The number of tetrazole rings is 1. The van der Waals surface area contributed by atoms with Crippen LogP contribution in [0.3, 0.4) is 0 Å². The average molecular weight is 298 g/mol. The minimum atomic E-state index is -0.101. The highest BCUT2D eigenvalue weighted by Gasteiger charge is 2.22. The van der Waals surface area contributed by atoms with Gasteiger partial charge < -0.3 is 0 Å². The Hall–Kier alpha value is -2.08. The molecule has 0 bridgehead atoms. The van der Waals surface area contributed by atoms with Gasteiger partial charge in [0.15, 0.2) is 5.82 Å². The van der Waals surface area contributed by atoms with Crippen molar-refractivity contribution in [2.45, 2.75) is 39.3 Å². The second kappa shape index (κ2) is 5.96. The van der Waals surface area contributed by atoms with E-state index in [1.54, 1.807) is 0 Å². The Bertz CT molecular complexity index is 653. The van der Waals surface area contributed by atoms with Crippen LogP contribution in [0.2, 0.25) is 0 Å². The van der Waals surface area contributed by atoms with Gasteiger partial charge in [-0.15, -0.1) is 5.10 Å². The largest absolute Gasteiger partial charge is 0.291 e. The van der Waals surface area contributed by atoms with Gasteiger partial charge in [-0.3, -0.25) is 9.88 Å². The van der Waals surface area contributed by atoms with Crippen LogP contribution < -0.4 is 0 Å². The molecule has 0 atom stereocenters. The lowest BCUT2D eigenvalue weighted by Gasteiger charge is -2.28. The zero-order valence-electron chi connectivity index (χ0n) is 13.4. The fraction of sp³-hybridized carbons (Fsp3) is 0.500. The Morgan fingerprint density at radius 1 is 1.27 bits per heavy atom. The summed E-state index contributed by atoms with van der Waals surface area (Å²) in [5, 5.41) is 12.2. The van der Waals surface area contributed by atoms with Gasteiger partial charge in [0.05, 0.1) is 12.1 Å². The van der Waals surface area contributed by atoms with E-state index in [4.69, 9.17) is 0 Å². The molecule has 0 aliphatic carbocycles. The molecule has 0 aromatic carbocycles. The van der Waals surface area contributed by atoms with Gasteiger partial charge in [-0.2, -0.15) is 0 Å². The summed E-state index contributed by atoms with van der Waals surface area (Å²) in [6.45, 7) is 9.05. The summed E-state index contributed by atoms with van der Waals surface area (Å²) in [5.41, 5.74) is 2.42. The minimum absolute atomic E-state index is 0.101. The third-order valence-corrected chi connectivity index (χ3v) is 3.80. The maximum Gasteiger partial charge on any atom is 0.165 e. The maximum atomic E-state index is 4.21. The summed E-state index contributed by atoms with van der Waals surface area (Å²) in [7, 11) is 0. The van der Waals surface area contributed by atoms with Crippen molar-refractivity contribution >= 4 is 5.57 Å². The fourth-order valence-corrected chi connectivity index (χ4v) is 2.73. The molecule has 2 aromatic rings. The maximum absolute atomic E-state index is 4.21. The molecular formula is C16H22N6. The number of nitrogens with zero attached hydrogens (tertiary/aromatic N) is 6. The number of aromatic nitrogens is 5. The van der Waals surface area contributed by atoms with E-state index >= 15 is 0 Å². The summed E-state index contributed by atoms with van der Waals surface area (Å²) in [6, 6.07) is 4.09. The zero-order valence-corrected chi connectivity index (χ0v) is 13.4. The van der Waals surface area contributed by atoms with Gasteiger partial charge >= 0.3 is 0 Å².